The highest BCUT2D eigenvalue weighted by Gasteiger charge is 2.48. The molecule has 2 unspecified atom stereocenters. The van der Waals surface area contributed by atoms with Gasteiger partial charge in [-0.05, 0) is 44.4 Å². The van der Waals surface area contributed by atoms with Crippen LogP contribution in [-0.4, -0.2) is 103 Å². The van der Waals surface area contributed by atoms with Crippen molar-refractivity contribution in [3.63, 3.8) is 0 Å². The molecule has 0 bridgehead atoms. The molecule has 3 saturated heterocycles. The fraction of sp³-hybridized carbons (Fsp3) is 0.692. The lowest BCUT2D eigenvalue weighted by Crippen LogP contribution is -2.51. The van der Waals surface area contributed by atoms with E-state index in [9.17, 15) is 24.6 Å². The smallest absolute Gasteiger partial charge is 0.409 e. The molecule has 2 aromatic rings. The van der Waals surface area contributed by atoms with E-state index < -0.39 is 30.4 Å². The van der Waals surface area contributed by atoms with E-state index in [0.29, 0.717) is 49.0 Å². The Balaban J connectivity index is 1.02. The van der Waals surface area contributed by atoms with Gasteiger partial charge >= 0.3 is 6.09 Å². The summed E-state index contributed by atoms with van der Waals surface area (Å²) >= 11 is 0. The molecule has 5 heterocycles. The van der Waals surface area contributed by atoms with Crippen LogP contribution in [0, 0.1) is 11.8 Å². The maximum atomic E-state index is 12.5. The van der Waals surface area contributed by atoms with Crippen molar-refractivity contribution in [3.05, 3.63) is 12.2 Å². The van der Waals surface area contributed by atoms with Gasteiger partial charge in [-0.1, -0.05) is 0 Å². The van der Waals surface area contributed by atoms with Crippen LogP contribution in [0.2, 0.25) is 0 Å². The summed E-state index contributed by atoms with van der Waals surface area (Å²) in [5.74, 6) is 0.413. The van der Waals surface area contributed by atoms with E-state index in [0.717, 1.165) is 38.5 Å². The van der Waals surface area contributed by atoms with Crippen molar-refractivity contribution in [2.75, 3.05) is 32.0 Å². The number of β-lactam (4-membered cyclic amide) rings is 1. The molecule has 1 aliphatic carbocycles. The number of piperidine rings is 1. The predicted molar refractivity (Wildman–Crippen MR) is 142 cm³/mol. The third kappa shape index (κ3) is 5.78. The van der Waals surface area contributed by atoms with Gasteiger partial charge in [0.2, 0.25) is 5.91 Å². The number of hydrogen-bond donors (Lipinski definition) is 5. The molecule has 15 heteroatoms. The number of ether oxygens (including phenoxy) is 2. The minimum Gasteiger partial charge on any atom is -0.448 e. The van der Waals surface area contributed by atoms with E-state index in [2.05, 4.69) is 25.6 Å². The molecular formula is C26H36N8O7. The zero-order valence-electron chi connectivity index (χ0n) is 22.6. The average Bonchev–Trinajstić information content (AvgIpc) is 3.59. The van der Waals surface area contributed by atoms with Gasteiger partial charge in [0.05, 0.1) is 12.2 Å². The number of aliphatic hydroxyl groups is 2. The Morgan fingerprint density at radius 3 is 2.63 bits per heavy atom. The van der Waals surface area contributed by atoms with Crippen LogP contribution in [0.4, 0.5) is 10.6 Å². The van der Waals surface area contributed by atoms with Crippen LogP contribution in [0.5, 0.6) is 0 Å². The number of amides is 3. The largest absolute Gasteiger partial charge is 0.448 e. The molecule has 3 amide bonds. The van der Waals surface area contributed by atoms with Gasteiger partial charge in [0.25, 0.3) is 5.91 Å². The lowest BCUT2D eigenvalue weighted by atomic mass is 9.91. The van der Waals surface area contributed by atoms with Gasteiger partial charge in [0.1, 0.15) is 30.2 Å². The molecule has 6 rings (SSSR count). The second-order valence-corrected chi connectivity index (χ2v) is 11.4. The van der Waals surface area contributed by atoms with E-state index in [4.69, 9.17) is 15.2 Å². The van der Waals surface area contributed by atoms with Crippen molar-refractivity contribution in [3.8, 4) is 0 Å². The van der Waals surface area contributed by atoms with Crippen molar-refractivity contribution >= 4 is 34.9 Å². The normalized spacial score (nSPS) is 28.4. The first-order valence-corrected chi connectivity index (χ1v) is 14.3. The molecule has 1 saturated carbocycles. The monoisotopic (exact) mass is 572 g/mol. The summed E-state index contributed by atoms with van der Waals surface area (Å²) in [6.45, 7) is 1.91. The zero-order chi connectivity index (χ0) is 28.7. The number of nitrogens with one attached hydrogen (secondary N) is 2. The number of carbonyl (C=O) groups is 3. The Morgan fingerprint density at radius 1 is 1.17 bits per heavy atom. The number of nitrogens with two attached hydrogens (primary N) is 1. The molecule has 5 atom stereocenters. The molecule has 2 aromatic heterocycles. The highest BCUT2D eigenvalue weighted by atomic mass is 16.6. The standard InChI is InChI=1S/C26H36N8O7/c27-21-17-22(34(12-29-17)25-19(36)18(35)20(41-25)24(38)30-15-4-5-15)32-16(31-21)3-1-2-13-6-8-33(9-7-13)26(39)40-11-14-10-28-23(14)37/h12-15,18-20,25,35-36H,1-11H2,(H,28,37)(H,30,38)(H2,27,31,32)/t14?,18-,19?,20+,25-/m1/s1. The Kier molecular flexibility index (Phi) is 7.66. The molecule has 0 spiro atoms. The topological polar surface area (TPSA) is 207 Å². The van der Waals surface area contributed by atoms with Crippen molar-refractivity contribution in [1.82, 2.24) is 35.1 Å². The number of likely N-dealkylation sites (tertiary alicyclic amines) is 1. The summed E-state index contributed by atoms with van der Waals surface area (Å²) in [4.78, 5) is 51.1. The Hall–Kier alpha value is -3.56. The molecule has 3 aliphatic heterocycles. The molecule has 6 N–H and O–H groups in total. The summed E-state index contributed by atoms with van der Waals surface area (Å²) in [7, 11) is 0. The van der Waals surface area contributed by atoms with Gasteiger partial charge in [-0.3, -0.25) is 14.2 Å². The van der Waals surface area contributed by atoms with Gasteiger partial charge in [-0.2, -0.15) is 0 Å². The number of fused-ring (bicyclic) bond motifs is 1. The quantitative estimate of drug-likeness (QED) is 0.236. The first kappa shape index (κ1) is 27.6. The maximum absolute atomic E-state index is 12.5. The molecule has 4 aliphatic rings. The Labute approximate surface area is 235 Å². The maximum Gasteiger partial charge on any atom is 0.409 e. The van der Waals surface area contributed by atoms with E-state index in [-0.39, 0.29) is 36.4 Å². The highest BCUT2D eigenvalue weighted by Crippen LogP contribution is 2.33. The summed E-state index contributed by atoms with van der Waals surface area (Å²) in [5, 5.41) is 26.6. The number of rotatable bonds is 9. The minimum atomic E-state index is -1.40. The fourth-order valence-corrected chi connectivity index (χ4v) is 5.58. The highest BCUT2D eigenvalue weighted by molar-refractivity contribution is 5.85. The number of aromatic nitrogens is 4. The van der Waals surface area contributed by atoms with Crippen LogP contribution in [-0.2, 0) is 25.5 Å². The summed E-state index contributed by atoms with van der Waals surface area (Å²) in [6.07, 6.45) is 1.86. The van der Waals surface area contributed by atoms with Crippen LogP contribution in [0.1, 0.15) is 50.6 Å². The van der Waals surface area contributed by atoms with Crippen LogP contribution in [0.15, 0.2) is 6.33 Å². The number of carbonyl (C=O) groups excluding carboxylic acids is 3. The predicted octanol–water partition coefficient (Wildman–Crippen LogP) is -0.776. The van der Waals surface area contributed by atoms with Crippen LogP contribution in [0.3, 0.4) is 0 Å². The molecule has 0 aromatic carbocycles. The molecule has 0 radical (unpaired) electrons. The molecule has 41 heavy (non-hydrogen) atoms. The number of aliphatic hydroxyl groups excluding tert-OH is 2. The van der Waals surface area contributed by atoms with Gasteiger partial charge in [0.15, 0.2) is 23.8 Å². The number of aryl methyl sites for hydroxylation is 1. The van der Waals surface area contributed by atoms with Crippen molar-refractivity contribution < 1.29 is 34.1 Å². The van der Waals surface area contributed by atoms with E-state index in [1.807, 2.05) is 0 Å². The van der Waals surface area contributed by atoms with E-state index in [1.54, 1.807) is 4.90 Å². The van der Waals surface area contributed by atoms with Crippen LogP contribution in [0.25, 0.3) is 11.2 Å². The van der Waals surface area contributed by atoms with Crippen LogP contribution < -0.4 is 16.4 Å². The fourth-order valence-electron chi connectivity index (χ4n) is 5.58. The first-order chi connectivity index (χ1) is 19.8. The Morgan fingerprint density at radius 2 is 1.95 bits per heavy atom. The molecule has 4 fully saturated rings. The number of anilines is 1. The number of nitrogen functional groups attached to an aromatic ring is 1. The third-order valence-electron chi connectivity index (χ3n) is 8.38. The SMILES string of the molecule is Nc1nc(CCCC2CCN(C(=O)OCC3CNC3=O)CC2)nc2c1ncn2[C@@H]1O[C@H](C(=O)NC2CC2)[C@H](O)C1O. The summed E-state index contributed by atoms with van der Waals surface area (Å²) < 4.78 is 12.6. The molecular weight excluding hydrogens is 536 g/mol. The van der Waals surface area contributed by atoms with Gasteiger partial charge in [0, 0.05) is 32.1 Å². The number of hydrogen-bond acceptors (Lipinski definition) is 11. The van der Waals surface area contributed by atoms with Crippen molar-refractivity contribution in [2.24, 2.45) is 11.8 Å². The van der Waals surface area contributed by atoms with Crippen LogP contribution >= 0.6 is 0 Å². The average molecular weight is 573 g/mol. The van der Waals surface area contributed by atoms with E-state index in [1.165, 1.54) is 10.9 Å². The molecule has 15 nitrogen and oxygen atoms in total. The molecule has 222 valence electrons. The Bertz CT molecular complexity index is 1310. The second-order valence-electron chi connectivity index (χ2n) is 11.4. The number of nitrogens with zero attached hydrogens (tertiary/aromatic N) is 5. The van der Waals surface area contributed by atoms with Gasteiger partial charge < -0.3 is 41.0 Å². The summed E-state index contributed by atoms with van der Waals surface area (Å²) in [5.41, 5.74) is 6.88. The number of imidazole rings is 1. The third-order valence-corrected chi connectivity index (χ3v) is 8.38. The van der Waals surface area contributed by atoms with Gasteiger partial charge in [-0.15, -0.1) is 0 Å². The van der Waals surface area contributed by atoms with E-state index >= 15 is 0 Å². The minimum absolute atomic E-state index is 0.0732. The first-order valence-electron chi connectivity index (χ1n) is 14.3. The zero-order valence-corrected chi connectivity index (χ0v) is 22.6. The second kappa shape index (κ2) is 11.4. The lowest BCUT2D eigenvalue weighted by Gasteiger charge is -2.32. The van der Waals surface area contributed by atoms with Gasteiger partial charge in [-0.25, -0.2) is 19.7 Å². The lowest BCUT2D eigenvalue weighted by molar-refractivity contribution is -0.137. The summed E-state index contributed by atoms with van der Waals surface area (Å²) in [6, 6.07) is 0.0929. The van der Waals surface area contributed by atoms with Crippen molar-refractivity contribution in [2.45, 2.75) is 75.5 Å². The van der Waals surface area contributed by atoms with Crippen molar-refractivity contribution in [1.29, 1.82) is 0 Å².